The Hall–Kier alpha value is -3.00. The maximum Gasteiger partial charge on any atom is 0.255 e. The fourth-order valence-electron chi connectivity index (χ4n) is 3.47. The van der Waals surface area contributed by atoms with E-state index >= 15 is 0 Å². The van der Waals surface area contributed by atoms with E-state index in [4.69, 9.17) is 14.0 Å². The predicted octanol–water partition coefficient (Wildman–Crippen LogP) is 5.91. The van der Waals surface area contributed by atoms with Gasteiger partial charge in [0, 0.05) is 18.0 Å². The Labute approximate surface area is 205 Å². The average Bonchev–Trinajstić information content (AvgIpc) is 3.27. The van der Waals surface area contributed by atoms with Crippen LogP contribution in [-0.4, -0.2) is 40.7 Å². The molecule has 0 atom stereocenters. The van der Waals surface area contributed by atoms with Gasteiger partial charge in [0.1, 0.15) is 0 Å². The minimum Gasteiger partial charge on any atom is -0.490 e. The van der Waals surface area contributed by atoms with E-state index < -0.39 is 0 Å². The Morgan fingerprint density at radius 2 is 1.88 bits per heavy atom. The second-order valence-electron chi connectivity index (χ2n) is 7.81. The summed E-state index contributed by atoms with van der Waals surface area (Å²) in [5.41, 5.74) is 1.67. The molecule has 182 valence electrons. The van der Waals surface area contributed by atoms with Gasteiger partial charge in [0.15, 0.2) is 17.3 Å². The van der Waals surface area contributed by atoms with Crippen LogP contribution in [0, 0.1) is 6.92 Å². The topological polar surface area (TPSA) is 77.7 Å². The summed E-state index contributed by atoms with van der Waals surface area (Å²) in [4.78, 5) is 20.6. The highest BCUT2D eigenvalue weighted by atomic mass is 32.2. The summed E-state index contributed by atoms with van der Waals surface area (Å²) in [6, 6.07) is 13.6. The maximum atomic E-state index is 13.6. The van der Waals surface area contributed by atoms with Crippen LogP contribution in [0.4, 0.5) is 0 Å². The number of benzene rings is 2. The highest BCUT2D eigenvalue weighted by Gasteiger charge is 2.20. The van der Waals surface area contributed by atoms with Gasteiger partial charge >= 0.3 is 0 Å². The molecule has 1 heterocycles. The average molecular weight is 484 g/mol. The lowest BCUT2D eigenvalue weighted by Gasteiger charge is -2.24. The zero-order valence-electron chi connectivity index (χ0n) is 20.4. The summed E-state index contributed by atoms with van der Waals surface area (Å²) >= 11 is 1.52. The first-order chi connectivity index (χ1) is 16.5. The van der Waals surface area contributed by atoms with E-state index in [-0.39, 0.29) is 5.91 Å². The van der Waals surface area contributed by atoms with Crippen LogP contribution in [0.3, 0.4) is 0 Å². The van der Waals surface area contributed by atoms with E-state index in [1.54, 1.807) is 6.92 Å². The van der Waals surface area contributed by atoms with Gasteiger partial charge in [-0.3, -0.25) is 4.79 Å². The van der Waals surface area contributed by atoms with Gasteiger partial charge in [-0.2, -0.15) is 4.98 Å². The standard InChI is InChI=1S/C26H33N3O4S/c1-5-14-29(17-20-12-13-22(32-15-6-2)23(16-20)31-7-3)26(30)21-10-8-9-11-24(21)34-18-25-27-19(4)28-33-25/h8-13,16H,5-7,14-15,17-18H2,1-4H3. The molecule has 3 rings (SSSR count). The first kappa shape index (κ1) is 25.6. The second-order valence-corrected chi connectivity index (χ2v) is 8.83. The van der Waals surface area contributed by atoms with Crippen molar-refractivity contribution in [2.45, 2.75) is 57.7 Å². The Balaban J connectivity index is 1.78. The van der Waals surface area contributed by atoms with E-state index in [1.165, 1.54) is 11.8 Å². The summed E-state index contributed by atoms with van der Waals surface area (Å²) in [6.07, 6.45) is 1.79. The number of amides is 1. The lowest BCUT2D eigenvalue weighted by Crippen LogP contribution is -2.31. The summed E-state index contributed by atoms with van der Waals surface area (Å²) in [5.74, 6) is 3.10. The lowest BCUT2D eigenvalue weighted by atomic mass is 10.1. The number of rotatable bonds is 13. The number of aromatic nitrogens is 2. The normalized spacial score (nSPS) is 10.8. The van der Waals surface area contributed by atoms with Crippen LogP contribution in [-0.2, 0) is 12.3 Å². The van der Waals surface area contributed by atoms with E-state index in [0.717, 1.165) is 29.1 Å². The van der Waals surface area contributed by atoms with Crippen LogP contribution >= 0.6 is 11.8 Å². The molecule has 0 radical (unpaired) electrons. The molecular weight excluding hydrogens is 450 g/mol. The Bertz CT molecular complexity index is 1070. The molecule has 0 aliphatic heterocycles. The molecule has 0 fully saturated rings. The molecule has 0 saturated carbocycles. The first-order valence-electron chi connectivity index (χ1n) is 11.7. The number of aryl methyl sites for hydroxylation is 1. The van der Waals surface area contributed by atoms with Crippen molar-refractivity contribution in [2.24, 2.45) is 0 Å². The summed E-state index contributed by atoms with van der Waals surface area (Å²) in [5, 5.41) is 3.83. The first-order valence-corrected chi connectivity index (χ1v) is 12.7. The van der Waals surface area contributed by atoms with Crippen LogP contribution in [0.25, 0.3) is 0 Å². The molecule has 1 aromatic heterocycles. The summed E-state index contributed by atoms with van der Waals surface area (Å²) < 4.78 is 16.8. The van der Waals surface area contributed by atoms with Crippen molar-refractivity contribution in [2.75, 3.05) is 19.8 Å². The molecule has 7 nitrogen and oxygen atoms in total. The molecule has 2 aromatic carbocycles. The van der Waals surface area contributed by atoms with Crippen molar-refractivity contribution < 1.29 is 18.8 Å². The number of carbonyl (C=O) groups is 1. The van der Waals surface area contributed by atoms with Gasteiger partial charge in [0.25, 0.3) is 5.91 Å². The van der Waals surface area contributed by atoms with Gasteiger partial charge in [-0.1, -0.05) is 37.2 Å². The van der Waals surface area contributed by atoms with Crippen LogP contribution in [0.2, 0.25) is 0 Å². The fraction of sp³-hybridized carbons (Fsp3) is 0.423. The molecular formula is C26H33N3O4S. The molecule has 1 amide bonds. The van der Waals surface area contributed by atoms with E-state index in [9.17, 15) is 4.79 Å². The van der Waals surface area contributed by atoms with Gasteiger partial charge in [0.2, 0.25) is 5.89 Å². The third kappa shape index (κ3) is 7.00. The Kier molecular flexibility index (Phi) is 9.82. The molecule has 0 aliphatic rings. The zero-order chi connectivity index (χ0) is 24.3. The largest absolute Gasteiger partial charge is 0.490 e. The van der Waals surface area contributed by atoms with Crippen molar-refractivity contribution in [1.82, 2.24) is 15.0 Å². The van der Waals surface area contributed by atoms with Crippen molar-refractivity contribution in [3.05, 3.63) is 65.3 Å². The van der Waals surface area contributed by atoms with Crippen molar-refractivity contribution >= 4 is 17.7 Å². The van der Waals surface area contributed by atoms with Gasteiger partial charge in [-0.25, -0.2) is 0 Å². The van der Waals surface area contributed by atoms with Crippen LogP contribution in [0.5, 0.6) is 11.5 Å². The van der Waals surface area contributed by atoms with E-state index in [1.807, 2.05) is 54.3 Å². The summed E-state index contributed by atoms with van der Waals surface area (Å²) in [6.45, 7) is 10.2. The molecule has 0 aliphatic carbocycles. The lowest BCUT2D eigenvalue weighted by molar-refractivity contribution is 0.0739. The minimum absolute atomic E-state index is 0.00377. The molecule has 8 heteroatoms. The van der Waals surface area contributed by atoms with Gasteiger partial charge in [-0.05, 0) is 56.5 Å². The minimum atomic E-state index is -0.00377. The number of thioether (sulfide) groups is 1. The van der Waals surface area contributed by atoms with Crippen molar-refractivity contribution in [1.29, 1.82) is 0 Å². The molecule has 34 heavy (non-hydrogen) atoms. The highest BCUT2D eigenvalue weighted by Crippen LogP contribution is 2.30. The van der Waals surface area contributed by atoms with Crippen molar-refractivity contribution in [3.63, 3.8) is 0 Å². The Morgan fingerprint density at radius 1 is 1.06 bits per heavy atom. The van der Waals surface area contributed by atoms with Crippen LogP contribution in [0.15, 0.2) is 51.9 Å². The zero-order valence-corrected chi connectivity index (χ0v) is 21.2. The highest BCUT2D eigenvalue weighted by molar-refractivity contribution is 7.98. The molecule has 0 spiro atoms. The SMILES string of the molecule is CCCOc1ccc(CN(CCC)C(=O)c2ccccc2SCc2nc(C)no2)cc1OCC. The monoisotopic (exact) mass is 483 g/mol. The summed E-state index contributed by atoms with van der Waals surface area (Å²) in [7, 11) is 0. The predicted molar refractivity (Wildman–Crippen MR) is 133 cm³/mol. The number of hydrogen-bond acceptors (Lipinski definition) is 7. The number of ether oxygens (including phenoxy) is 2. The van der Waals surface area contributed by atoms with Crippen LogP contribution in [0.1, 0.15) is 61.2 Å². The quantitative estimate of drug-likeness (QED) is 0.280. The molecule has 0 N–H and O–H groups in total. The van der Waals surface area contributed by atoms with Crippen molar-refractivity contribution in [3.8, 4) is 11.5 Å². The van der Waals surface area contributed by atoms with Crippen LogP contribution < -0.4 is 9.47 Å². The number of carbonyl (C=O) groups excluding carboxylic acids is 1. The molecule has 3 aromatic rings. The third-order valence-electron chi connectivity index (χ3n) is 4.96. The maximum absolute atomic E-state index is 13.6. The Morgan fingerprint density at radius 3 is 2.59 bits per heavy atom. The third-order valence-corrected chi connectivity index (χ3v) is 6.02. The van der Waals surface area contributed by atoms with E-state index in [2.05, 4.69) is 24.0 Å². The molecule has 0 bridgehead atoms. The number of hydrogen-bond donors (Lipinski definition) is 0. The molecule has 0 unspecified atom stereocenters. The van der Waals surface area contributed by atoms with E-state index in [0.29, 0.717) is 55.1 Å². The van der Waals surface area contributed by atoms with Gasteiger partial charge in [0.05, 0.1) is 24.5 Å². The fourth-order valence-corrected chi connectivity index (χ4v) is 4.35. The smallest absolute Gasteiger partial charge is 0.255 e. The molecule has 0 saturated heterocycles. The number of nitrogens with zero attached hydrogens (tertiary/aromatic N) is 3. The van der Waals surface area contributed by atoms with Gasteiger partial charge in [-0.15, -0.1) is 11.8 Å². The van der Waals surface area contributed by atoms with Gasteiger partial charge < -0.3 is 18.9 Å². The second kappa shape index (κ2) is 13.0.